The van der Waals surface area contributed by atoms with Crippen LogP contribution in [0.2, 0.25) is 0 Å². The van der Waals surface area contributed by atoms with Crippen molar-refractivity contribution in [3.8, 4) is 17.6 Å². The van der Waals surface area contributed by atoms with Crippen molar-refractivity contribution in [1.29, 1.82) is 5.26 Å². The SMILES string of the molecule is COCCNCc1cc(OC)ccc1OCC#N. The third kappa shape index (κ3) is 4.62. The molecule has 18 heavy (non-hydrogen) atoms. The van der Waals surface area contributed by atoms with E-state index in [4.69, 9.17) is 19.5 Å². The van der Waals surface area contributed by atoms with Crippen LogP contribution in [0.5, 0.6) is 11.5 Å². The lowest BCUT2D eigenvalue weighted by Gasteiger charge is -2.12. The third-order valence-electron chi connectivity index (χ3n) is 2.36. The predicted molar refractivity (Wildman–Crippen MR) is 67.7 cm³/mol. The van der Waals surface area contributed by atoms with Crippen molar-refractivity contribution in [2.45, 2.75) is 6.54 Å². The Morgan fingerprint density at radius 1 is 1.33 bits per heavy atom. The van der Waals surface area contributed by atoms with Crippen molar-refractivity contribution in [3.63, 3.8) is 0 Å². The first-order valence-corrected chi connectivity index (χ1v) is 5.68. The largest absolute Gasteiger partial charge is 0.497 e. The number of rotatable bonds is 8. The first-order chi connectivity index (χ1) is 8.81. The van der Waals surface area contributed by atoms with Gasteiger partial charge < -0.3 is 19.5 Å². The molecule has 0 fully saturated rings. The minimum Gasteiger partial charge on any atom is -0.497 e. The van der Waals surface area contributed by atoms with Crippen LogP contribution >= 0.6 is 0 Å². The Morgan fingerprint density at radius 3 is 2.83 bits per heavy atom. The van der Waals surface area contributed by atoms with Crippen LogP contribution in [-0.2, 0) is 11.3 Å². The van der Waals surface area contributed by atoms with E-state index in [0.717, 1.165) is 17.9 Å². The second-order valence-corrected chi connectivity index (χ2v) is 3.59. The molecule has 5 heteroatoms. The number of hydrogen-bond acceptors (Lipinski definition) is 5. The molecule has 0 spiro atoms. The van der Waals surface area contributed by atoms with E-state index in [1.165, 1.54) is 0 Å². The summed E-state index contributed by atoms with van der Waals surface area (Å²) in [5.74, 6) is 1.46. The Kier molecular flexibility index (Phi) is 6.62. The standard InChI is InChI=1S/C13H18N2O3/c1-16-8-6-15-10-11-9-12(17-2)3-4-13(11)18-7-5-14/h3-4,9,15H,6-8,10H2,1-2H3. The summed E-state index contributed by atoms with van der Waals surface area (Å²) in [4.78, 5) is 0. The van der Waals surface area contributed by atoms with E-state index < -0.39 is 0 Å². The molecule has 0 atom stereocenters. The molecule has 0 aliphatic carbocycles. The average Bonchev–Trinajstić information content (AvgIpc) is 2.42. The quantitative estimate of drug-likeness (QED) is 0.705. The second kappa shape index (κ2) is 8.34. The Morgan fingerprint density at radius 2 is 2.17 bits per heavy atom. The minimum absolute atomic E-state index is 0.0391. The van der Waals surface area contributed by atoms with Gasteiger partial charge in [0.1, 0.15) is 17.6 Å². The zero-order valence-corrected chi connectivity index (χ0v) is 10.7. The Bertz CT molecular complexity index is 402. The molecule has 1 N–H and O–H groups in total. The molecule has 0 aromatic heterocycles. The van der Waals surface area contributed by atoms with E-state index in [1.807, 2.05) is 24.3 Å². The van der Waals surface area contributed by atoms with Crippen molar-refractivity contribution in [2.75, 3.05) is 34.0 Å². The van der Waals surface area contributed by atoms with E-state index >= 15 is 0 Å². The third-order valence-corrected chi connectivity index (χ3v) is 2.36. The van der Waals surface area contributed by atoms with Crippen LogP contribution < -0.4 is 14.8 Å². The molecule has 0 bridgehead atoms. The van der Waals surface area contributed by atoms with Crippen molar-refractivity contribution in [3.05, 3.63) is 23.8 Å². The highest BCUT2D eigenvalue weighted by Gasteiger charge is 2.05. The summed E-state index contributed by atoms with van der Waals surface area (Å²) in [6.45, 7) is 2.09. The topological polar surface area (TPSA) is 63.5 Å². The molecule has 0 saturated heterocycles. The monoisotopic (exact) mass is 250 g/mol. The smallest absolute Gasteiger partial charge is 0.174 e. The normalized spacial score (nSPS) is 9.83. The molecule has 1 aromatic rings. The second-order valence-electron chi connectivity index (χ2n) is 3.59. The van der Waals surface area contributed by atoms with Gasteiger partial charge in [-0.25, -0.2) is 0 Å². The van der Waals surface area contributed by atoms with Crippen molar-refractivity contribution >= 4 is 0 Å². The van der Waals surface area contributed by atoms with Gasteiger partial charge in [0.15, 0.2) is 6.61 Å². The van der Waals surface area contributed by atoms with Crippen molar-refractivity contribution < 1.29 is 14.2 Å². The van der Waals surface area contributed by atoms with Gasteiger partial charge in [-0.15, -0.1) is 0 Å². The first kappa shape index (κ1) is 14.3. The molecule has 0 unspecified atom stereocenters. The summed E-state index contributed by atoms with van der Waals surface area (Å²) in [5, 5.41) is 11.8. The van der Waals surface area contributed by atoms with E-state index in [-0.39, 0.29) is 6.61 Å². The number of ether oxygens (including phenoxy) is 3. The maximum absolute atomic E-state index is 8.53. The molecular formula is C13H18N2O3. The number of nitrogens with one attached hydrogen (secondary N) is 1. The molecule has 1 aromatic carbocycles. The van der Waals surface area contributed by atoms with Gasteiger partial charge in [0.05, 0.1) is 13.7 Å². The van der Waals surface area contributed by atoms with Crippen LogP contribution in [0.1, 0.15) is 5.56 Å². The highest BCUT2D eigenvalue weighted by Crippen LogP contribution is 2.24. The summed E-state index contributed by atoms with van der Waals surface area (Å²) >= 11 is 0. The zero-order chi connectivity index (χ0) is 13.2. The van der Waals surface area contributed by atoms with Crippen molar-refractivity contribution in [2.24, 2.45) is 0 Å². The van der Waals surface area contributed by atoms with Gasteiger partial charge in [0, 0.05) is 25.8 Å². The minimum atomic E-state index is 0.0391. The lowest BCUT2D eigenvalue weighted by atomic mass is 10.2. The fraction of sp³-hybridized carbons (Fsp3) is 0.462. The lowest BCUT2D eigenvalue weighted by molar-refractivity contribution is 0.199. The number of nitriles is 1. The molecule has 1 rings (SSSR count). The van der Waals surface area contributed by atoms with Gasteiger partial charge in [0.25, 0.3) is 0 Å². The van der Waals surface area contributed by atoms with E-state index in [1.54, 1.807) is 14.2 Å². The van der Waals surface area contributed by atoms with E-state index in [2.05, 4.69) is 5.32 Å². The van der Waals surface area contributed by atoms with Gasteiger partial charge in [-0.2, -0.15) is 5.26 Å². The van der Waals surface area contributed by atoms with E-state index in [0.29, 0.717) is 18.9 Å². The van der Waals surface area contributed by atoms with Crippen LogP contribution in [0.15, 0.2) is 18.2 Å². The van der Waals surface area contributed by atoms with Crippen LogP contribution in [0.4, 0.5) is 0 Å². The molecule has 0 radical (unpaired) electrons. The molecule has 0 amide bonds. The fourth-order valence-corrected chi connectivity index (χ4v) is 1.47. The van der Waals surface area contributed by atoms with Gasteiger partial charge in [-0.05, 0) is 18.2 Å². The number of benzene rings is 1. The number of methoxy groups -OCH3 is 2. The molecular weight excluding hydrogens is 232 g/mol. The average molecular weight is 250 g/mol. The molecule has 5 nitrogen and oxygen atoms in total. The summed E-state index contributed by atoms with van der Waals surface area (Å²) in [6.07, 6.45) is 0. The van der Waals surface area contributed by atoms with Crippen molar-refractivity contribution in [1.82, 2.24) is 5.32 Å². The molecule has 0 aliphatic heterocycles. The maximum Gasteiger partial charge on any atom is 0.174 e. The molecule has 0 heterocycles. The van der Waals surface area contributed by atoms with Gasteiger partial charge >= 0.3 is 0 Å². The van der Waals surface area contributed by atoms with Crippen LogP contribution in [0, 0.1) is 11.3 Å². The zero-order valence-electron chi connectivity index (χ0n) is 10.7. The van der Waals surface area contributed by atoms with E-state index in [9.17, 15) is 0 Å². The first-order valence-electron chi connectivity index (χ1n) is 5.68. The molecule has 0 aliphatic rings. The maximum atomic E-state index is 8.53. The summed E-state index contributed by atoms with van der Waals surface area (Å²) in [6, 6.07) is 7.47. The Hall–Kier alpha value is -1.77. The van der Waals surface area contributed by atoms with Gasteiger partial charge in [0.2, 0.25) is 0 Å². The Labute approximate surface area is 107 Å². The lowest BCUT2D eigenvalue weighted by Crippen LogP contribution is -2.19. The van der Waals surface area contributed by atoms with Crippen LogP contribution in [0.25, 0.3) is 0 Å². The number of nitrogens with zero attached hydrogens (tertiary/aromatic N) is 1. The molecule has 98 valence electrons. The van der Waals surface area contributed by atoms with Crippen LogP contribution in [0.3, 0.4) is 0 Å². The van der Waals surface area contributed by atoms with Gasteiger partial charge in [-0.1, -0.05) is 0 Å². The highest BCUT2D eigenvalue weighted by molar-refractivity contribution is 5.40. The fourth-order valence-electron chi connectivity index (χ4n) is 1.47. The highest BCUT2D eigenvalue weighted by atomic mass is 16.5. The Balaban J connectivity index is 2.67. The van der Waals surface area contributed by atoms with Crippen LogP contribution in [-0.4, -0.2) is 34.0 Å². The summed E-state index contributed by atoms with van der Waals surface area (Å²) in [5.41, 5.74) is 0.959. The van der Waals surface area contributed by atoms with Gasteiger partial charge in [-0.3, -0.25) is 0 Å². The number of hydrogen-bond donors (Lipinski definition) is 1. The predicted octanol–water partition coefficient (Wildman–Crippen LogP) is 1.33. The molecule has 0 saturated carbocycles. The summed E-state index contributed by atoms with van der Waals surface area (Å²) in [7, 11) is 3.28. The summed E-state index contributed by atoms with van der Waals surface area (Å²) < 4.78 is 15.5.